The van der Waals surface area contributed by atoms with Gasteiger partial charge in [0.1, 0.15) is 11.6 Å². The average molecular weight is 417 g/mol. The van der Waals surface area contributed by atoms with Crippen LogP contribution in [-0.2, 0) is 4.79 Å². The Morgan fingerprint density at radius 2 is 1.71 bits per heavy atom. The number of rotatable bonds is 5. The molecule has 4 rings (SSSR count). The lowest BCUT2D eigenvalue weighted by Crippen LogP contribution is -2.49. The van der Waals surface area contributed by atoms with Gasteiger partial charge in [0.2, 0.25) is 5.91 Å². The second-order valence-corrected chi connectivity index (χ2v) is 7.19. The monoisotopic (exact) mass is 417 g/mol. The van der Waals surface area contributed by atoms with Crippen LogP contribution in [0.2, 0.25) is 0 Å². The van der Waals surface area contributed by atoms with E-state index in [1.807, 2.05) is 42.5 Å². The summed E-state index contributed by atoms with van der Waals surface area (Å²) in [6.45, 7) is 3.59. The molecule has 0 bridgehead atoms. The van der Waals surface area contributed by atoms with Gasteiger partial charge in [-0.25, -0.2) is 0 Å². The molecule has 0 radical (unpaired) electrons. The van der Waals surface area contributed by atoms with Crippen molar-refractivity contribution in [3.8, 4) is 0 Å². The molecular weight excluding hydrogens is 398 g/mol. The smallest absolute Gasteiger partial charge is 0.282 e. The quantitative estimate of drug-likeness (QED) is 0.357. The maximum atomic E-state index is 13.4. The van der Waals surface area contributed by atoms with Gasteiger partial charge in [0.25, 0.3) is 17.5 Å². The summed E-state index contributed by atoms with van der Waals surface area (Å²) in [5.41, 5.74) is -0.114. The number of nitrogens with zero attached hydrogens (tertiary/aromatic N) is 3. The van der Waals surface area contributed by atoms with Crippen LogP contribution < -0.4 is 4.90 Å². The Morgan fingerprint density at radius 3 is 2.42 bits per heavy atom. The average Bonchev–Trinajstić information content (AvgIpc) is 3.04. The molecule has 1 aliphatic heterocycles. The molecule has 0 spiro atoms. The first kappa shape index (κ1) is 20.2. The van der Waals surface area contributed by atoms with Gasteiger partial charge in [-0.3, -0.25) is 29.4 Å². The van der Waals surface area contributed by atoms with E-state index in [1.165, 1.54) is 30.0 Å². The van der Waals surface area contributed by atoms with Gasteiger partial charge < -0.3 is 4.90 Å². The van der Waals surface area contributed by atoms with Crippen LogP contribution in [0, 0.1) is 10.1 Å². The van der Waals surface area contributed by atoms with Crippen molar-refractivity contribution in [3.05, 3.63) is 81.9 Å². The van der Waals surface area contributed by atoms with Crippen LogP contribution in [0.5, 0.6) is 0 Å². The highest BCUT2D eigenvalue weighted by atomic mass is 16.6. The number of hydrogen-bond acceptors (Lipinski definition) is 5. The van der Waals surface area contributed by atoms with Crippen molar-refractivity contribution in [1.82, 2.24) is 4.90 Å². The number of imide groups is 1. The van der Waals surface area contributed by atoms with E-state index in [9.17, 15) is 24.5 Å². The highest BCUT2D eigenvalue weighted by molar-refractivity contribution is 6.25. The summed E-state index contributed by atoms with van der Waals surface area (Å²) in [6.07, 6.45) is 0. The standard InChI is InChI=1S/C23H19N3O5/c1-3-24(18-12-6-9-15-8-4-5-10-16(15)18)21(27)14(2)25-22(28)17-11-7-13-19(26(30)31)20(17)23(25)29/h4-14H,3H2,1-2H3. The van der Waals surface area contributed by atoms with Crippen molar-refractivity contribution < 1.29 is 19.3 Å². The second-order valence-electron chi connectivity index (χ2n) is 7.19. The summed E-state index contributed by atoms with van der Waals surface area (Å²) in [4.78, 5) is 52.2. The lowest BCUT2D eigenvalue weighted by atomic mass is 10.1. The Morgan fingerprint density at radius 1 is 1.03 bits per heavy atom. The number of benzene rings is 3. The number of carbonyl (C=O) groups excluding carboxylic acids is 3. The van der Waals surface area contributed by atoms with Crippen LogP contribution in [0.4, 0.5) is 11.4 Å². The molecule has 0 fully saturated rings. The van der Waals surface area contributed by atoms with Crippen molar-refractivity contribution >= 4 is 39.9 Å². The molecule has 1 unspecified atom stereocenters. The van der Waals surface area contributed by atoms with Gasteiger partial charge in [0, 0.05) is 18.0 Å². The Bertz CT molecular complexity index is 1250. The van der Waals surface area contributed by atoms with E-state index in [2.05, 4.69) is 0 Å². The topological polar surface area (TPSA) is 101 Å². The van der Waals surface area contributed by atoms with E-state index in [-0.39, 0.29) is 11.1 Å². The molecule has 3 amide bonds. The summed E-state index contributed by atoms with van der Waals surface area (Å²) in [5, 5.41) is 13.2. The molecule has 1 heterocycles. The van der Waals surface area contributed by atoms with Crippen LogP contribution in [0.1, 0.15) is 34.6 Å². The zero-order valence-corrected chi connectivity index (χ0v) is 16.9. The van der Waals surface area contributed by atoms with Gasteiger partial charge in [-0.05, 0) is 31.4 Å². The van der Waals surface area contributed by atoms with Crippen molar-refractivity contribution in [2.45, 2.75) is 19.9 Å². The Kier molecular flexibility index (Phi) is 4.98. The third-order valence-electron chi connectivity index (χ3n) is 5.51. The highest BCUT2D eigenvalue weighted by Gasteiger charge is 2.45. The fraction of sp³-hybridized carbons (Fsp3) is 0.174. The first-order chi connectivity index (χ1) is 14.9. The summed E-state index contributed by atoms with van der Waals surface area (Å²) in [5.74, 6) is -1.99. The van der Waals surface area contributed by atoms with E-state index in [1.54, 1.807) is 6.92 Å². The Labute approximate surface area is 177 Å². The molecule has 156 valence electrons. The van der Waals surface area contributed by atoms with E-state index in [4.69, 9.17) is 0 Å². The van der Waals surface area contributed by atoms with Crippen LogP contribution >= 0.6 is 0 Å². The minimum atomic E-state index is -1.13. The minimum Gasteiger partial charge on any atom is -0.310 e. The van der Waals surface area contributed by atoms with E-state index in [0.29, 0.717) is 12.2 Å². The van der Waals surface area contributed by atoms with Crippen LogP contribution in [0.3, 0.4) is 0 Å². The number of likely N-dealkylation sites (N-methyl/N-ethyl adjacent to an activating group) is 1. The summed E-state index contributed by atoms with van der Waals surface area (Å²) >= 11 is 0. The molecule has 8 nitrogen and oxygen atoms in total. The molecule has 8 heteroatoms. The molecule has 3 aromatic rings. The van der Waals surface area contributed by atoms with Gasteiger partial charge in [0.05, 0.1) is 16.2 Å². The summed E-state index contributed by atoms with van der Waals surface area (Å²) in [6, 6.07) is 15.9. The number of nitro benzene ring substituents is 1. The van der Waals surface area contributed by atoms with Gasteiger partial charge in [-0.15, -0.1) is 0 Å². The highest BCUT2D eigenvalue weighted by Crippen LogP contribution is 2.33. The van der Waals surface area contributed by atoms with E-state index >= 15 is 0 Å². The molecule has 0 saturated heterocycles. The molecule has 1 atom stereocenters. The van der Waals surface area contributed by atoms with E-state index in [0.717, 1.165) is 15.7 Å². The van der Waals surface area contributed by atoms with Crippen molar-refractivity contribution in [2.24, 2.45) is 0 Å². The Balaban J connectivity index is 1.72. The predicted molar refractivity (Wildman–Crippen MR) is 115 cm³/mol. The van der Waals surface area contributed by atoms with Crippen LogP contribution in [0.25, 0.3) is 10.8 Å². The fourth-order valence-corrected chi connectivity index (χ4v) is 4.01. The number of carbonyl (C=O) groups is 3. The van der Waals surface area contributed by atoms with Crippen molar-refractivity contribution in [1.29, 1.82) is 0 Å². The molecular formula is C23H19N3O5. The first-order valence-corrected chi connectivity index (χ1v) is 9.81. The number of anilines is 1. The van der Waals surface area contributed by atoms with Gasteiger partial charge >= 0.3 is 0 Å². The third kappa shape index (κ3) is 3.13. The molecule has 0 saturated carbocycles. The lowest BCUT2D eigenvalue weighted by Gasteiger charge is -2.29. The number of hydrogen-bond donors (Lipinski definition) is 0. The van der Waals surface area contributed by atoms with Crippen molar-refractivity contribution in [3.63, 3.8) is 0 Å². The summed E-state index contributed by atoms with van der Waals surface area (Å²) in [7, 11) is 0. The molecule has 0 aromatic heterocycles. The molecule has 3 aromatic carbocycles. The van der Waals surface area contributed by atoms with Crippen LogP contribution in [0.15, 0.2) is 60.7 Å². The largest absolute Gasteiger partial charge is 0.310 e. The zero-order valence-electron chi connectivity index (χ0n) is 16.9. The maximum absolute atomic E-state index is 13.4. The number of amides is 3. The van der Waals surface area contributed by atoms with Crippen molar-refractivity contribution in [2.75, 3.05) is 11.4 Å². The van der Waals surface area contributed by atoms with Gasteiger partial charge in [-0.1, -0.05) is 42.5 Å². The minimum absolute atomic E-state index is 0.0629. The molecule has 31 heavy (non-hydrogen) atoms. The summed E-state index contributed by atoms with van der Waals surface area (Å²) < 4.78 is 0. The normalized spacial score (nSPS) is 13.9. The van der Waals surface area contributed by atoms with Gasteiger partial charge in [-0.2, -0.15) is 0 Å². The second kappa shape index (κ2) is 7.64. The van der Waals surface area contributed by atoms with Gasteiger partial charge in [0.15, 0.2) is 0 Å². The molecule has 0 aliphatic carbocycles. The lowest BCUT2D eigenvalue weighted by molar-refractivity contribution is -0.385. The fourth-order valence-electron chi connectivity index (χ4n) is 4.01. The first-order valence-electron chi connectivity index (χ1n) is 9.81. The number of fused-ring (bicyclic) bond motifs is 2. The zero-order chi connectivity index (χ0) is 22.3. The Hall–Kier alpha value is -4.07. The predicted octanol–water partition coefficient (Wildman–Crippen LogP) is 3.79. The molecule has 1 aliphatic rings. The SMILES string of the molecule is CCN(C(=O)C(C)N1C(=O)c2cccc([N+](=O)[O-])c2C1=O)c1cccc2ccccc12. The van der Waals surface area contributed by atoms with Crippen LogP contribution in [-0.4, -0.2) is 40.1 Å². The van der Waals surface area contributed by atoms with E-state index < -0.39 is 34.4 Å². The maximum Gasteiger partial charge on any atom is 0.282 e. The molecule has 0 N–H and O–H groups in total. The number of nitro groups is 1. The third-order valence-corrected chi connectivity index (χ3v) is 5.51.